The van der Waals surface area contributed by atoms with Gasteiger partial charge in [-0.25, -0.2) is 0 Å². The zero-order valence-electron chi connectivity index (χ0n) is 10.6. The minimum Gasteiger partial charge on any atom is -0.316 e. The van der Waals surface area contributed by atoms with Gasteiger partial charge in [0.25, 0.3) is 0 Å². The number of nitrogens with one attached hydrogen (secondary N) is 1. The molecule has 0 aromatic carbocycles. The number of hydrogen-bond acceptors (Lipinski definition) is 2. The van der Waals surface area contributed by atoms with Gasteiger partial charge in [-0.15, -0.1) is 6.58 Å². The van der Waals surface area contributed by atoms with E-state index < -0.39 is 0 Å². The monoisotopic (exact) mass is 222 g/mol. The van der Waals surface area contributed by atoms with Crippen LogP contribution >= 0.6 is 0 Å². The van der Waals surface area contributed by atoms with Gasteiger partial charge < -0.3 is 5.32 Å². The van der Waals surface area contributed by atoms with E-state index in [4.69, 9.17) is 0 Å². The van der Waals surface area contributed by atoms with Crippen LogP contribution < -0.4 is 5.32 Å². The Morgan fingerprint density at radius 2 is 2.19 bits per heavy atom. The lowest BCUT2D eigenvalue weighted by Crippen LogP contribution is -2.33. The van der Waals surface area contributed by atoms with Crippen LogP contribution in [-0.2, 0) is 0 Å². The molecule has 2 heterocycles. The molecule has 0 aromatic rings. The van der Waals surface area contributed by atoms with Gasteiger partial charge in [0, 0.05) is 12.6 Å². The van der Waals surface area contributed by atoms with Crippen molar-refractivity contribution in [1.29, 1.82) is 0 Å². The SMILES string of the molecule is C=CCCCCCN1CC2CNCC2C1C. The summed E-state index contributed by atoms with van der Waals surface area (Å²) in [5.41, 5.74) is 0. The minimum absolute atomic E-state index is 0.805. The molecule has 2 aliphatic rings. The Hall–Kier alpha value is -0.340. The molecule has 1 N–H and O–H groups in total. The van der Waals surface area contributed by atoms with Crippen LogP contribution in [0.3, 0.4) is 0 Å². The molecule has 0 radical (unpaired) electrons. The predicted molar refractivity (Wildman–Crippen MR) is 69.5 cm³/mol. The topological polar surface area (TPSA) is 15.3 Å². The van der Waals surface area contributed by atoms with Gasteiger partial charge in [-0.2, -0.15) is 0 Å². The van der Waals surface area contributed by atoms with E-state index in [-0.39, 0.29) is 0 Å². The number of likely N-dealkylation sites (tertiary alicyclic amines) is 1. The normalized spacial score (nSPS) is 34.2. The van der Waals surface area contributed by atoms with Crippen LogP contribution in [0.15, 0.2) is 12.7 Å². The van der Waals surface area contributed by atoms with Gasteiger partial charge in [-0.1, -0.05) is 12.5 Å². The maximum atomic E-state index is 3.77. The van der Waals surface area contributed by atoms with Gasteiger partial charge in [0.2, 0.25) is 0 Å². The van der Waals surface area contributed by atoms with Crippen molar-refractivity contribution < 1.29 is 0 Å². The summed E-state index contributed by atoms with van der Waals surface area (Å²) in [7, 11) is 0. The van der Waals surface area contributed by atoms with Crippen molar-refractivity contribution in [3.8, 4) is 0 Å². The quantitative estimate of drug-likeness (QED) is 0.548. The highest BCUT2D eigenvalue weighted by atomic mass is 15.2. The van der Waals surface area contributed by atoms with E-state index in [9.17, 15) is 0 Å². The third-order valence-corrected chi connectivity index (χ3v) is 4.41. The third-order valence-electron chi connectivity index (χ3n) is 4.41. The molecule has 0 aromatic heterocycles. The highest BCUT2D eigenvalue weighted by Crippen LogP contribution is 2.32. The average Bonchev–Trinajstić information content (AvgIpc) is 2.83. The fourth-order valence-electron chi connectivity index (χ4n) is 3.33. The molecule has 0 amide bonds. The molecule has 3 unspecified atom stereocenters. The van der Waals surface area contributed by atoms with Crippen molar-refractivity contribution in [3.05, 3.63) is 12.7 Å². The highest BCUT2D eigenvalue weighted by Gasteiger charge is 2.41. The Labute approximate surface area is 100 Å². The highest BCUT2D eigenvalue weighted by molar-refractivity contribution is 4.96. The van der Waals surface area contributed by atoms with Crippen molar-refractivity contribution in [2.24, 2.45) is 11.8 Å². The molecule has 92 valence electrons. The molecular weight excluding hydrogens is 196 g/mol. The molecule has 2 aliphatic heterocycles. The molecule has 2 fully saturated rings. The van der Waals surface area contributed by atoms with E-state index in [2.05, 4.69) is 23.7 Å². The molecule has 2 saturated heterocycles. The van der Waals surface area contributed by atoms with Crippen molar-refractivity contribution in [3.63, 3.8) is 0 Å². The summed E-state index contributed by atoms with van der Waals surface area (Å²) in [5, 5.41) is 3.52. The fourth-order valence-corrected chi connectivity index (χ4v) is 3.33. The summed E-state index contributed by atoms with van der Waals surface area (Å²) in [6.45, 7) is 11.3. The lowest BCUT2D eigenvalue weighted by atomic mass is 9.95. The minimum atomic E-state index is 0.805. The van der Waals surface area contributed by atoms with E-state index >= 15 is 0 Å². The van der Waals surface area contributed by atoms with Crippen LogP contribution in [0.2, 0.25) is 0 Å². The van der Waals surface area contributed by atoms with E-state index in [0.29, 0.717) is 0 Å². The first-order valence-corrected chi connectivity index (χ1v) is 6.88. The zero-order chi connectivity index (χ0) is 11.4. The van der Waals surface area contributed by atoms with Crippen molar-refractivity contribution in [2.45, 2.75) is 38.6 Å². The van der Waals surface area contributed by atoms with Crippen molar-refractivity contribution >= 4 is 0 Å². The van der Waals surface area contributed by atoms with E-state index in [1.165, 1.54) is 51.9 Å². The number of allylic oxidation sites excluding steroid dienone is 1. The third kappa shape index (κ3) is 2.67. The number of nitrogens with zero attached hydrogens (tertiary/aromatic N) is 1. The second kappa shape index (κ2) is 5.83. The van der Waals surface area contributed by atoms with Gasteiger partial charge in [0.1, 0.15) is 0 Å². The van der Waals surface area contributed by atoms with Gasteiger partial charge in [-0.3, -0.25) is 4.90 Å². The van der Waals surface area contributed by atoms with E-state index in [1.807, 2.05) is 6.08 Å². The van der Waals surface area contributed by atoms with Gasteiger partial charge >= 0.3 is 0 Å². The van der Waals surface area contributed by atoms with Crippen LogP contribution in [0.1, 0.15) is 32.6 Å². The molecule has 0 bridgehead atoms. The maximum Gasteiger partial charge on any atom is 0.0111 e. The summed E-state index contributed by atoms with van der Waals surface area (Å²) in [5.74, 6) is 1.86. The average molecular weight is 222 g/mol. The predicted octanol–water partition coefficient (Wildman–Crippen LogP) is 2.27. The number of rotatable bonds is 6. The first-order valence-electron chi connectivity index (χ1n) is 6.88. The Bertz CT molecular complexity index is 227. The Balaban J connectivity index is 1.65. The summed E-state index contributed by atoms with van der Waals surface area (Å²) in [6, 6.07) is 0.805. The van der Waals surface area contributed by atoms with Gasteiger partial charge in [0.05, 0.1) is 0 Å². The molecule has 3 atom stereocenters. The first kappa shape index (κ1) is 12.1. The first-order chi connectivity index (χ1) is 7.83. The zero-order valence-corrected chi connectivity index (χ0v) is 10.6. The summed E-state index contributed by atoms with van der Waals surface area (Å²) in [6.07, 6.45) is 7.27. The fraction of sp³-hybridized carbons (Fsp3) is 0.857. The van der Waals surface area contributed by atoms with Crippen LogP contribution in [0.4, 0.5) is 0 Å². The summed E-state index contributed by atoms with van der Waals surface area (Å²) >= 11 is 0. The molecule has 0 spiro atoms. The van der Waals surface area contributed by atoms with Crippen LogP contribution in [0.25, 0.3) is 0 Å². The lowest BCUT2D eigenvalue weighted by molar-refractivity contribution is 0.234. The summed E-state index contributed by atoms with van der Waals surface area (Å²) < 4.78 is 0. The largest absolute Gasteiger partial charge is 0.316 e. The van der Waals surface area contributed by atoms with Crippen molar-refractivity contribution in [1.82, 2.24) is 10.2 Å². The Morgan fingerprint density at radius 3 is 2.94 bits per heavy atom. The second-order valence-corrected chi connectivity index (χ2v) is 5.46. The number of hydrogen-bond donors (Lipinski definition) is 1. The smallest absolute Gasteiger partial charge is 0.0111 e. The van der Waals surface area contributed by atoms with Crippen LogP contribution in [0.5, 0.6) is 0 Å². The summed E-state index contributed by atoms with van der Waals surface area (Å²) in [4.78, 5) is 2.71. The number of fused-ring (bicyclic) bond motifs is 1. The molecule has 2 heteroatoms. The van der Waals surface area contributed by atoms with E-state index in [1.54, 1.807) is 0 Å². The standard InChI is InChI=1S/C14H26N2/c1-3-4-5-6-7-8-16-11-13-9-15-10-14(13)12(16)2/h3,12-15H,1,4-11H2,2H3. The van der Waals surface area contributed by atoms with Gasteiger partial charge in [-0.05, 0) is 57.7 Å². The maximum absolute atomic E-state index is 3.77. The number of unbranched alkanes of at least 4 members (excludes halogenated alkanes) is 3. The lowest BCUT2D eigenvalue weighted by Gasteiger charge is -2.24. The molecule has 2 rings (SSSR count). The molecule has 2 nitrogen and oxygen atoms in total. The Kier molecular flexibility index (Phi) is 4.42. The van der Waals surface area contributed by atoms with Crippen LogP contribution in [0, 0.1) is 11.8 Å². The molecule has 0 saturated carbocycles. The van der Waals surface area contributed by atoms with E-state index in [0.717, 1.165) is 17.9 Å². The molecule has 16 heavy (non-hydrogen) atoms. The van der Waals surface area contributed by atoms with Crippen molar-refractivity contribution in [2.75, 3.05) is 26.2 Å². The Morgan fingerprint density at radius 1 is 1.31 bits per heavy atom. The van der Waals surface area contributed by atoms with Crippen LogP contribution in [-0.4, -0.2) is 37.1 Å². The molecular formula is C14H26N2. The molecule has 0 aliphatic carbocycles. The van der Waals surface area contributed by atoms with Gasteiger partial charge in [0.15, 0.2) is 0 Å². The second-order valence-electron chi connectivity index (χ2n) is 5.46.